The van der Waals surface area contributed by atoms with E-state index in [0.29, 0.717) is 17.3 Å². The first kappa shape index (κ1) is 29.2. The van der Waals surface area contributed by atoms with Crippen LogP contribution in [0.3, 0.4) is 0 Å². The van der Waals surface area contributed by atoms with Crippen LogP contribution in [0.4, 0.5) is 0 Å². The summed E-state index contributed by atoms with van der Waals surface area (Å²) in [5.41, 5.74) is 2.54. The SMILES string of the molecule is CCCCCCC[13C](=O)O[C@H]1CC[C@@]2(C)C(=CC[C@H]3[C@@H]4CC[C@H]([C@H](C)CCCC(C)C)[C@@]4(C)CC[C@@H]32)C1. The molecule has 0 aromatic rings. The lowest BCUT2D eigenvalue weighted by Gasteiger charge is -2.58. The normalized spacial score (nSPS) is 37.9. The fourth-order valence-electron chi connectivity index (χ4n) is 9.87. The second-order valence-electron chi connectivity index (χ2n) is 14.8. The average molecular weight is 514 g/mol. The molecule has 4 aliphatic rings. The van der Waals surface area contributed by atoms with E-state index in [-0.39, 0.29) is 12.1 Å². The van der Waals surface area contributed by atoms with E-state index in [4.69, 9.17) is 4.74 Å². The quantitative estimate of drug-likeness (QED) is 0.112. The molecule has 4 aliphatic carbocycles. The summed E-state index contributed by atoms with van der Waals surface area (Å²) >= 11 is 0. The molecule has 0 heterocycles. The first-order valence-electron chi connectivity index (χ1n) is 16.6. The third-order valence-electron chi connectivity index (χ3n) is 12.0. The Bertz CT molecular complexity index is 782. The van der Waals surface area contributed by atoms with Crippen LogP contribution in [0.5, 0.6) is 0 Å². The van der Waals surface area contributed by atoms with E-state index in [1.54, 1.807) is 5.57 Å². The number of allylic oxidation sites excluding steroid dienone is 1. The van der Waals surface area contributed by atoms with Crippen molar-refractivity contribution < 1.29 is 9.53 Å². The number of hydrogen-bond acceptors (Lipinski definition) is 2. The summed E-state index contributed by atoms with van der Waals surface area (Å²) < 4.78 is 6.02. The van der Waals surface area contributed by atoms with Crippen LogP contribution in [0.25, 0.3) is 0 Å². The molecule has 0 spiro atoms. The van der Waals surface area contributed by atoms with Crippen molar-refractivity contribution in [3.8, 4) is 0 Å². The van der Waals surface area contributed by atoms with E-state index < -0.39 is 0 Å². The van der Waals surface area contributed by atoms with Crippen molar-refractivity contribution in [2.75, 3.05) is 0 Å². The maximum Gasteiger partial charge on any atom is 0.306 e. The zero-order chi connectivity index (χ0) is 26.6. The van der Waals surface area contributed by atoms with Gasteiger partial charge in [-0.3, -0.25) is 4.79 Å². The van der Waals surface area contributed by atoms with Crippen LogP contribution in [0, 0.1) is 46.3 Å². The van der Waals surface area contributed by atoms with Crippen molar-refractivity contribution in [1.29, 1.82) is 0 Å². The Labute approximate surface area is 230 Å². The first-order valence-corrected chi connectivity index (χ1v) is 16.6. The zero-order valence-corrected chi connectivity index (χ0v) is 25.5. The van der Waals surface area contributed by atoms with Crippen molar-refractivity contribution in [2.45, 2.75) is 157 Å². The van der Waals surface area contributed by atoms with Crippen molar-refractivity contribution in [3.63, 3.8) is 0 Å². The molecule has 0 saturated heterocycles. The predicted molar refractivity (Wildman–Crippen MR) is 156 cm³/mol. The second kappa shape index (κ2) is 12.6. The van der Waals surface area contributed by atoms with Gasteiger partial charge in [0.2, 0.25) is 0 Å². The molecular formula is C35H60O2. The highest BCUT2D eigenvalue weighted by atomic mass is 16.6. The summed E-state index contributed by atoms with van der Waals surface area (Å²) in [4.78, 5) is 12.5. The molecule has 0 aromatic heterocycles. The molecule has 0 aliphatic heterocycles. The Morgan fingerprint density at radius 1 is 0.946 bits per heavy atom. The Kier molecular flexibility index (Phi) is 9.94. The van der Waals surface area contributed by atoms with Crippen LogP contribution < -0.4 is 0 Å². The lowest BCUT2D eigenvalue weighted by Crippen LogP contribution is -2.51. The maximum atomic E-state index is 12.5. The number of carbonyl (C=O) groups is 1. The molecule has 3 saturated carbocycles. The molecule has 3 fully saturated rings. The summed E-state index contributed by atoms with van der Waals surface area (Å²) in [6.45, 7) is 14.9. The molecule has 0 bridgehead atoms. The van der Waals surface area contributed by atoms with E-state index in [2.05, 4.69) is 47.6 Å². The van der Waals surface area contributed by atoms with Gasteiger partial charge < -0.3 is 4.74 Å². The minimum absolute atomic E-state index is 0.0485. The molecule has 212 valence electrons. The van der Waals surface area contributed by atoms with Crippen LogP contribution in [-0.2, 0) is 9.53 Å². The number of hydrogen-bond donors (Lipinski definition) is 0. The molecule has 0 aromatic carbocycles. The largest absolute Gasteiger partial charge is 0.462 e. The molecule has 8 atom stereocenters. The van der Waals surface area contributed by atoms with Gasteiger partial charge in [0.1, 0.15) is 6.10 Å². The minimum atomic E-state index is 0.0485. The van der Waals surface area contributed by atoms with E-state index in [1.165, 1.54) is 77.0 Å². The summed E-state index contributed by atoms with van der Waals surface area (Å²) in [6.07, 6.45) is 23.9. The van der Waals surface area contributed by atoms with E-state index in [0.717, 1.165) is 61.2 Å². The lowest BCUT2D eigenvalue weighted by atomic mass is 9.47. The molecule has 0 N–H and O–H groups in total. The average Bonchev–Trinajstić information content (AvgIpc) is 3.21. The number of fused-ring (bicyclic) bond motifs is 5. The van der Waals surface area contributed by atoms with Gasteiger partial charge in [-0.2, -0.15) is 0 Å². The third kappa shape index (κ3) is 6.35. The molecule has 0 unspecified atom stereocenters. The van der Waals surface area contributed by atoms with E-state index >= 15 is 0 Å². The first-order chi connectivity index (χ1) is 17.7. The van der Waals surface area contributed by atoms with Crippen LogP contribution in [0.15, 0.2) is 11.6 Å². The number of ether oxygens (including phenoxy) is 1. The standard InChI is InChI=1S/C35H60O2/c1-7-8-9-10-11-15-33(36)37-28-20-22-34(5)27(24-28)16-17-29-31-19-18-30(26(4)14-12-13-25(2)3)35(31,6)23-21-32(29)34/h16,25-26,28-32H,7-15,17-24H2,1-6H3/t26-,28+,29+,30-,31+,32+,34+,35-/m1/s1/i33+1. The highest BCUT2D eigenvalue weighted by Crippen LogP contribution is 2.67. The molecule has 2 heteroatoms. The molecular weight excluding hydrogens is 453 g/mol. The third-order valence-corrected chi connectivity index (χ3v) is 12.0. The summed E-state index contributed by atoms with van der Waals surface area (Å²) in [7, 11) is 0. The van der Waals surface area contributed by atoms with Crippen molar-refractivity contribution >= 4 is 5.97 Å². The summed E-state index contributed by atoms with van der Waals surface area (Å²) in [5, 5.41) is 0. The Morgan fingerprint density at radius 3 is 2.49 bits per heavy atom. The van der Waals surface area contributed by atoms with Crippen molar-refractivity contribution in [1.82, 2.24) is 0 Å². The Morgan fingerprint density at radius 2 is 1.73 bits per heavy atom. The highest BCUT2D eigenvalue weighted by molar-refractivity contribution is 5.69. The van der Waals surface area contributed by atoms with Crippen LogP contribution >= 0.6 is 0 Å². The van der Waals surface area contributed by atoms with E-state index in [1.807, 2.05) is 0 Å². The van der Waals surface area contributed by atoms with E-state index in [9.17, 15) is 4.79 Å². The molecule has 0 amide bonds. The summed E-state index contributed by atoms with van der Waals surface area (Å²) in [5.74, 6) is 5.34. The van der Waals surface area contributed by atoms with Gasteiger partial charge in [-0.15, -0.1) is 0 Å². The minimum Gasteiger partial charge on any atom is -0.462 e. The van der Waals surface area contributed by atoms with Gasteiger partial charge in [-0.05, 0) is 97.7 Å². The Hall–Kier alpha value is -0.790. The Balaban J connectivity index is 1.34. The monoisotopic (exact) mass is 513 g/mol. The van der Waals surface area contributed by atoms with Crippen LogP contribution in [0.2, 0.25) is 0 Å². The van der Waals surface area contributed by atoms with Gasteiger partial charge in [0, 0.05) is 12.8 Å². The summed E-state index contributed by atoms with van der Waals surface area (Å²) in [6, 6.07) is 0. The van der Waals surface area contributed by atoms with Gasteiger partial charge in [-0.1, -0.05) is 98.1 Å². The number of esters is 1. The molecule has 0 radical (unpaired) electrons. The fraction of sp³-hybridized carbons (Fsp3) is 0.914. The molecule has 2 nitrogen and oxygen atoms in total. The smallest absolute Gasteiger partial charge is 0.306 e. The number of rotatable bonds is 12. The van der Waals surface area contributed by atoms with Gasteiger partial charge in [0.15, 0.2) is 0 Å². The fourth-order valence-corrected chi connectivity index (χ4v) is 9.87. The maximum absolute atomic E-state index is 12.5. The second-order valence-corrected chi connectivity index (χ2v) is 14.8. The zero-order valence-electron chi connectivity index (χ0n) is 25.5. The van der Waals surface area contributed by atoms with Gasteiger partial charge >= 0.3 is 5.97 Å². The van der Waals surface area contributed by atoms with Crippen molar-refractivity contribution in [3.05, 3.63) is 11.6 Å². The number of unbranched alkanes of at least 4 members (excludes halogenated alkanes) is 4. The van der Waals surface area contributed by atoms with Gasteiger partial charge in [0.25, 0.3) is 0 Å². The number of carbonyl (C=O) groups excluding carboxylic acids is 1. The highest BCUT2D eigenvalue weighted by Gasteiger charge is 2.59. The van der Waals surface area contributed by atoms with Gasteiger partial charge in [0.05, 0.1) is 0 Å². The molecule has 37 heavy (non-hydrogen) atoms. The predicted octanol–water partition coefficient (Wildman–Crippen LogP) is 10.3. The lowest BCUT2D eigenvalue weighted by molar-refractivity contribution is -0.151. The topological polar surface area (TPSA) is 26.3 Å². The molecule has 4 rings (SSSR count). The van der Waals surface area contributed by atoms with Crippen LogP contribution in [0.1, 0.15) is 151 Å². The van der Waals surface area contributed by atoms with Crippen molar-refractivity contribution in [2.24, 2.45) is 46.3 Å². The van der Waals surface area contributed by atoms with Gasteiger partial charge in [-0.25, -0.2) is 0 Å². The van der Waals surface area contributed by atoms with Crippen LogP contribution in [-0.4, -0.2) is 12.1 Å².